The number of hydrogen-bond acceptors (Lipinski definition) is 4. The van der Waals surface area contributed by atoms with Gasteiger partial charge < -0.3 is 19.9 Å². The number of piperazine rings is 1. The van der Waals surface area contributed by atoms with Crippen LogP contribution in [0.5, 0.6) is 0 Å². The lowest BCUT2D eigenvalue weighted by molar-refractivity contribution is -0.141. The number of hydrogen-bond donors (Lipinski definition) is 1. The smallest absolute Gasteiger partial charge is 0.225 e. The first-order chi connectivity index (χ1) is 8.65. The summed E-state index contributed by atoms with van der Waals surface area (Å²) in [4.78, 5) is 16.6. The highest BCUT2D eigenvalue weighted by atomic mass is 16.5. The molecule has 1 N–H and O–H groups in total. The van der Waals surface area contributed by atoms with Crippen molar-refractivity contribution in [2.45, 2.75) is 24.9 Å². The van der Waals surface area contributed by atoms with E-state index in [1.54, 1.807) is 7.11 Å². The molecule has 104 valence electrons. The topological polar surface area (TPSA) is 44.8 Å². The summed E-state index contributed by atoms with van der Waals surface area (Å²) in [6.45, 7) is 5.52. The minimum Gasteiger partial charge on any atom is -0.378 e. The summed E-state index contributed by atoms with van der Waals surface area (Å²) in [5.74, 6) is 0.253. The van der Waals surface area contributed by atoms with Crippen LogP contribution in [0.25, 0.3) is 0 Å². The zero-order chi connectivity index (χ0) is 13.0. The normalized spacial score (nSPS) is 25.1. The van der Waals surface area contributed by atoms with E-state index in [0.29, 0.717) is 6.42 Å². The lowest BCUT2D eigenvalue weighted by Crippen LogP contribution is -2.51. The molecule has 0 aliphatic carbocycles. The molecule has 0 bridgehead atoms. The number of carbonyl (C=O) groups is 1. The number of piperidine rings is 1. The summed E-state index contributed by atoms with van der Waals surface area (Å²) in [6, 6.07) is 0. The molecule has 1 amide bonds. The Labute approximate surface area is 109 Å². The first kappa shape index (κ1) is 13.8. The minimum atomic E-state index is -0.228. The van der Waals surface area contributed by atoms with Crippen LogP contribution < -0.4 is 5.32 Å². The first-order valence-electron chi connectivity index (χ1n) is 6.87. The Hall–Kier alpha value is -0.650. The maximum absolute atomic E-state index is 12.3. The summed E-state index contributed by atoms with van der Waals surface area (Å²) < 4.78 is 5.70. The fraction of sp³-hybridized carbons (Fsp3) is 0.923. The maximum atomic E-state index is 12.3. The van der Waals surface area contributed by atoms with Crippen LogP contribution in [-0.4, -0.2) is 74.7 Å². The molecule has 0 atom stereocenters. The molecule has 0 unspecified atom stereocenters. The van der Waals surface area contributed by atoms with Gasteiger partial charge in [0.2, 0.25) is 5.91 Å². The zero-order valence-corrected chi connectivity index (χ0v) is 11.6. The Balaban J connectivity index is 1.90. The highest BCUT2D eigenvalue weighted by Crippen LogP contribution is 2.29. The van der Waals surface area contributed by atoms with Crippen molar-refractivity contribution in [1.82, 2.24) is 15.1 Å². The highest BCUT2D eigenvalue weighted by molar-refractivity contribution is 5.77. The number of likely N-dealkylation sites (tertiary alicyclic amines) is 1. The Morgan fingerprint density at radius 2 is 1.83 bits per heavy atom. The van der Waals surface area contributed by atoms with E-state index in [2.05, 4.69) is 17.3 Å². The first-order valence-corrected chi connectivity index (χ1v) is 6.87. The van der Waals surface area contributed by atoms with Crippen molar-refractivity contribution < 1.29 is 9.53 Å². The molecule has 0 radical (unpaired) electrons. The average Bonchev–Trinajstić information content (AvgIpc) is 2.43. The number of nitrogens with zero attached hydrogens (tertiary/aromatic N) is 2. The third-order valence-electron chi connectivity index (χ3n) is 4.27. The molecule has 18 heavy (non-hydrogen) atoms. The van der Waals surface area contributed by atoms with E-state index < -0.39 is 0 Å². The number of nitrogens with one attached hydrogen (secondary N) is 1. The lowest BCUT2D eigenvalue weighted by Gasteiger charge is -2.40. The fourth-order valence-corrected chi connectivity index (χ4v) is 2.78. The van der Waals surface area contributed by atoms with E-state index in [0.717, 1.165) is 52.1 Å². The van der Waals surface area contributed by atoms with Crippen molar-refractivity contribution >= 4 is 5.91 Å². The molecule has 0 aromatic rings. The van der Waals surface area contributed by atoms with Crippen molar-refractivity contribution in [1.29, 1.82) is 0 Å². The second-order valence-corrected chi connectivity index (χ2v) is 5.50. The Bertz CT molecular complexity index is 282. The average molecular weight is 255 g/mol. The molecular formula is C13H25N3O2. The van der Waals surface area contributed by atoms with Crippen molar-refractivity contribution in [3.8, 4) is 0 Å². The Kier molecular flexibility index (Phi) is 4.59. The number of amides is 1. The third-order valence-corrected chi connectivity index (χ3v) is 4.27. The van der Waals surface area contributed by atoms with Crippen LogP contribution in [0.3, 0.4) is 0 Å². The van der Waals surface area contributed by atoms with E-state index in [1.165, 1.54) is 0 Å². The molecule has 2 rings (SSSR count). The van der Waals surface area contributed by atoms with Gasteiger partial charge in [-0.3, -0.25) is 4.79 Å². The van der Waals surface area contributed by atoms with Gasteiger partial charge in [-0.1, -0.05) is 0 Å². The van der Waals surface area contributed by atoms with Crippen LogP contribution >= 0.6 is 0 Å². The van der Waals surface area contributed by atoms with Crippen LogP contribution in [0, 0.1) is 0 Å². The van der Waals surface area contributed by atoms with Gasteiger partial charge in [0.25, 0.3) is 0 Å². The molecular weight excluding hydrogens is 230 g/mol. The highest BCUT2D eigenvalue weighted by Gasteiger charge is 2.37. The molecule has 0 aromatic heterocycles. The van der Waals surface area contributed by atoms with Crippen LogP contribution in [0.15, 0.2) is 0 Å². The van der Waals surface area contributed by atoms with Gasteiger partial charge in [0.1, 0.15) is 0 Å². The van der Waals surface area contributed by atoms with Crippen LogP contribution in [0.2, 0.25) is 0 Å². The molecule has 0 aromatic carbocycles. The van der Waals surface area contributed by atoms with Crippen molar-refractivity contribution in [3.63, 3.8) is 0 Å². The summed E-state index contributed by atoms with van der Waals surface area (Å²) >= 11 is 0. The van der Waals surface area contributed by atoms with E-state index in [4.69, 9.17) is 4.74 Å². The maximum Gasteiger partial charge on any atom is 0.225 e. The molecule has 0 spiro atoms. The van der Waals surface area contributed by atoms with Crippen molar-refractivity contribution in [3.05, 3.63) is 0 Å². The van der Waals surface area contributed by atoms with Gasteiger partial charge in [-0.05, 0) is 19.9 Å². The van der Waals surface area contributed by atoms with Crippen molar-refractivity contribution in [2.24, 2.45) is 0 Å². The van der Waals surface area contributed by atoms with Crippen LogP contribution in [-0.2, 0) is 9.53 Å². The van der Waals surface area contributed by atoms with Gasteiger partial charge in [0.05, 0.1) is 12.0 Å². The molecule has 2 aliphatic heterocycles. The van der Waals surface area contributed by atoms with Gasteiger partial charge in [-0.25, -0.2) is 0 Å². The van der Waals surface area contributed by atoms with E-state index >= 15 is 0 Å². The van der Waals surface area contributed by atoms with Gasteiger partial charge >= 0.3 is 0 Å². The summed E-state index contributed by atoms with van der Waals surface area (Å²) in [5.41, 5.74) is -0.228. The molecule has 2 saturated heterocycles. The molecule has 5 nitrogen and oxygen atoms in total. The zero-order valence-electron chi connectivity index (χ0n) is 11.6. The van der Waals surface area contributed by atoms with E-state index in [1.807, 2.05) is 4.90 Å². The second-order valence-electron chi connectivity index (χ2n) is 5.50. The summed E-state index contributed by atoms with van der Waals surface area (Å²) in [5, 5.41) is 3.27. The SMILES string of the molecule is COC1(CC(=O)N2CCNCC2)CCN(C)CC1. The Morgan fingerprint density at radius 1 is 1.22 bits per heavy atom. The quantitative estimate of drug-likeness (QED) is 0.766. The summed E-state index contributed by atoms with van der Waals surface area (Å²) in [7, 11) is 3.87. The number of rotatable bonds is 3. The Morgan fingerprint density at radius 3 is 2.39 bits per heavy atom. The van der Waals surface area contributed by atoms with Gasteiger partial charge in [0, 0.05) is 46.4 Å². The van der Waals surface area contributed by atoms with Gasteiger partial charge in [-0.15, -0.1) is 0 Å². The fourth-order valence-electron chi connectivity index (χ4n) is 2.78. The van der Waals surface area contributed by atoms with Crippen LogP contribution in [0.4, 0.5) is 0 Å². The van der Waals surface area contributed by atoms with Gasteiger partial charge in [0.15, 0.2) is 0 Å². The molecule has 5 heteroatoms. The third kappa shape index (κ3) is 3.22. The monoisotopic (exact) mass is 255 g/mol. The number of carbonyl (C=O) groups excluding carboxylic acids is 1. The standard InChI is InChI=1S/C13H25N3O2/c1-15-7-3-13(18-2,4-8-15)11-12(17)16-9-5-14-6-10-16/h14H,3-11H2,1-2H3. The predicted molar refractivity (Wildman–Crippen MR) is 70.5 cm³/mol. The molecule has 2 aliphatic rings. The minimum absolute atomic E-state index is 0.228. The molecule has 2 heterocycles. The molecule has 2 fully saturated rings. The molecule has 0 saturated carbocycles. The lowest BCUT2D eigenvalue weighted by atomic mass is 9.87. The number of ether oxygens (including phenoxy) is 1. The van der Waals surface area contributed by atoms with Crippen molar-refractivity contribution in [2.75, 3.05) is 53.4 Å². The summed E-state index contributed by atoms with van der Waals surface area (Å²) in [6.07, 6.45) is 2.45. The predicted octanol–water partition coefficient (Wildman–Crippen LogP) is -0.0809. The largest absolute Gasteiger partial charge is 0.378 e. The van der Waals surface area contributed by atoms with Crippen LogP contribution in [0.1, 0.15) is 19.3 Å². The second kappa shape index (κ2) is 5.99. The van der Waals surface area contributed by atoms with E-state index in [-0.39, 0.29) is 11.5 Å². The number of methoxy groups -OCH3 is 1. The van der Waals surface area contributed by atoms with E-state index in [9.17, 15) is 4.79 Å². The van der Waals surface area contributed by atoms with Gasteiger partial charge in [-0.2, -0.15) is 0 Å².